The number of amides is 1. The highest BCUT2D eigenvalue weighted by molar-refractivity contribution is 7.91. The van der Waals surface area contributed by atoms with E-state index >= 15 is 0 Å². The van der Waals surface area contributed by atoms with Crippen LogP contribution in [0.3, 0.4) is 0 Å². The van der Waals surface area contributed by atoms with Crippen LogP contribution in [0.4, 0.5) is 8.78 Å². The number of aryl methyl sites for hydroxylation is 1. The number of pyridine rings is 1. The maximum Gasteiger partial charge on any atom is 0.387 e. The second-order valence-corrected chi connectivity index (χ2v) is 11.2. The lowest BCUT2D eigenvalue weighted by molar-refractivity contribution is -0.0495. The fourth-order valence-corrected chi connectivity index (χ4v) is 5.48. The molecule has 14 heteroatoms. The molecule has 2 aromatic heterocycles. The summed E-state index contributed by atoms with van der Waals surface area (Å²) in [6.45, 7) is -1.30. The first kappa shape index (κ1) is 26.6. The summed E-state index contributed by atoms with van der Waals surface area (Å²) in [6, 6.07) is 1.11. The number of nitrogens with one attached hydrogen (secondary N) is 1. The maximum atomic E-state index is 12.9. The smallest absolute Gasteiger partial charge is 0.387 e. The number of carbonyl (C=O) groups is 1. The molecule has 0 bridgehead atoms. The van der Waals surface area contributed by atoms with Gasteiger partial charge in [-0.25, -0.2) is 13.4 Å². The zero-order chi connectivity index (χ0) is 25.3. The fraction of sp³-hybridized carbons (Fsp3) is 0.550. The first-order chi connectivity index (χ1) is 15.8. The largest absolute Gasteiger partial charge is 0.434 e. The zero-order valence-electron chi connectivity index (χ0n) is 18.4. The van der Waals surface area contributed by atoms with Crippen molar-refractivity contribution in [2.75, 3.05) is 12.8 Å². The highest BCUT2D eigenvalue weighted by Crippen LogP contribution is 2.38. The minimum Gasteiger partial charge on any atom is -0.434 e. The highest BCUT2D eigenvalue weighted by Gasteiger charge is 2.37. The van der Waals surface area contributed by atoms with E-state index in [-0.39, 0.29) is 71.6 Å². The number of alkyl halides is 2. The third-order valence-corrected chi connectivity index (χ3v) is 8.01. The molecule has 0 saturated heterocycles. The van der Waals surface area contributed by atoms with Crippen LogP contribution in [0.25, 0.3) is 11.3 Å². The van der Waals surface area contributed by atoms with Crippen molar-refractivity contribution in [1.29, 1.82) is 0 Å². The van der Waals surface area contributed by atoms with Crippen molar-refractivity contribution >= 4 is 38.9 Å². The van der Waals surface area contributed by atoms with Gasteiger partial charge in [-0.05, 0) is 32.6 Å². The Morgan fingerprint density at radius 2 is 2.03 bits per heavy atom. The molecule has 1 aliphatic rings. The van der Waals surface area contributed by atoms with Crippen LogP contribution < -0.4 is 10.1 Å². The van der Waals surface area contributed by atoms with Gasteiger partial charge in [0, 0.05) is 31.6 Å². The van der Waals surface area contributed by atoms with Crippen LogP contribution in [0.1, 0.15) is 43.1 Å². The molecule has 1 amide bonds. The van der Waals surface area contributed by atoms with Crippen molar-refractivity contribution in [3.63, 3.8) is 0 Å². The minimum atomic E-state index is -3.20. The number of carbonyl (C=O) groups excluding carboxylic acids is 1. The molecule has 9 nitrogen and oxygen atoms in total. The van der Waals surface area contributed by atoms with Crippen molar-refractivity contribution in [2.24, 2.45) is 0 Å². The summed E-state index contributed by atoms with van der Waals surface area (Å²) in [7, 11) is -3.20. The predicted octanol–water partition coefficient (Wildman–Crippen LogP) is 3.32. The van der Waals surface area contributed by atoms with Gasteiger partial charge < -0.3 is 15.2 Å². The number of ether oxygens (including phenoxy) is 1. The Morgan fingerprint density at radius 1 is 1.38 bits per heavy atom. The average Bonchev–Trinajstić information content (AvgIpc) is 3.08. The highest BCUT2D eigenvalue weighted by atomic mass is 35.5. The molecule has 2 N–H and O–H groups in total. The van der Waals surface area contributed by atoms with Crippen LogP contribution >= 0.6 is 23.2 Å². The summed E-state index contributed by atoms with van der Waals surface area (Å²) in [5.41, 5.74) is -1.23. The van der Waals surface area contributed by atoms with Crippen LogP contribution in [0.15, 0.2) is 12.3 Å². The van der Waals surface area contributed by atoms with Gasteiger partial charge in [-0.15, -0.1) is 0 Å². The molecule has 0 aromatic carbocycles. The Bertz CT molecular complexity index is 1170. The number of nitrogens with zero attached hydrogens (tertiary/aromatic N) is 3. The van der Waals surface area contributed by atoms with E-state index in [1.807, 2.05) is 0 Å². The van der Waals surface area contributed by atoms with Gasteiger partial charge in [0.25, 0.3) is 5.91 Å². The number of rotatable bonds is 8. The van der Waals surface area contributed by atoms with Crippen LogP contribution in [0.5, 0.6) is 5.75 Å². The van der Waals surface area contributed by atoms with E-state index in [1.54, 1.807) is 6.92 Å². The molecule has 0 radical (unpaired) electrons. The van der Waals surface area contributed by atoms with E-state index in [0.29, 0.717) is 0 Å². The number of hydrogen-bond acceptors (Lipinski definition) is 7. The lowest BCUT2D eigenvalue weighted by Gasteiger charge is -2.35. The van der Waals surface area contributed by atoms with Crippen LogP contribution in [-0.2, 0) is 16.4 Å². The van der Waals surface area contributed by atoms with Crippen molar-refractivity contribution < 1.29 is 31.8 Å². The zero-order valence-corrected chi connectivity index (χ0v) is 20.7. The Labute approximate surface area is 205 Å². The van der Waals surface area contributed by atoms with Crippen molar-refractivity contribution in [3.8, 4) is 17.0 Å². The summed E-state index contributed by atoms with van der Waals surface area (Å²) in [6.07, 6.45) is 3.35. The van der Waals surface area contributed by atoms with Crippen LogP contribution in [-0.4, -0.2) is 64.5 Å². The number of hydrogen-bond donors (Lipinski definition) is 2. The third-order valence-electron chi connectivity index (χ3n) is 5.76. The number of aliphatic hydroxyl groups is 1. The predicted molar refractivity (Wildman–Crippen MR) is 122 cm³/mol. The minimum absolute atomic E-state index is 0.0702. The first-order valence-electron chi connectivity index (χ1n) is 10.4. The summed E-state index contributed by atoms with van der Waals surface area (Å²) < 4.78 is 55.1. The van der Waals surface area contributed by atoms with Crippen molar-refractivity contribution in [1.82, 2.24) is 20.1 Å². The van der Waals surface area contributed by atoms with Gasteiger partial charge in [0.15, 0.2) is 5.69 Å². The monoisotopic (exact) mass is 540 g/mol. The van der Waals surface area contributed by atoms with E-state index in [9.17, 15) is 27.1 Å². The van der Waals surface area contributed by atoms with Gasteiger partial charge in [-0.2, -0.15) is 13.9 Å². The van der Waals surface area contributed by atoms with Gasteiger partial charge in [-0.1, -0.05) is 23.2 Å². The summed E-state index contributed by atoms with van der Waals surface area (Å²) in [4.78, 5) is 16.7. The molecule has 1 saturated carbocycles. The summed E-state index contributed by atoms with van der Waals surface area (Å²) in [5, 5.41) is 16.8. The topological polar surface area (TPSA) is 123 Å². The van der Waals surface area contributed by atoms with Gasteiger partial charge in [0.1, 0.15) is 20.7 Å². The molecule has 1 aliphatic carbocycles. The standard InChI is InChI=1S/C20H24Cl2F2N4O5S/c1-3-28-17(12-9-25-14(21)8-13(12)33-19(23)24)15(22)16(27-28)18(29)26-10-20(30)6-4-11(5-7-20)34(2,31)32/h8-9,11,19,30H,3-7,10H2,1-2H3,(H,26,29). The number of aromatic nitrogens is 3. The van der Waals surface area contributed by atoms with Gasteiger partial charge >= 0.3 is 6.61 Å². The molecule has 2 aromatic rings. The molecule has 0 atom stereocenters. The maximum absolute atomic E-state index is 12.9. The van der Waals surface area contributed by atoms with Crippen LogP contribution in [0, 0.1) is 0 Å². The molecule has 0 spiro atoms. The second kappa shape index (κ2) is 10.3. The molecular formula is C20H24Cl2F2N4O5S. The quantitative estimate of drug-likeness (QED) is 0.492. The first-order valence-corrected chi connectivity index (χ1v) is 13.1. The van der Waals surface area contributed by atoms with Gasteiger partial charge in [0.2, 0.25) is 0 Å². The van der Waals surface area contributed by atoms with Crippen molar-refractivity contribution in [2.45, 2.75) is 56.6 Å². The van der Waals surface area contributed by atoms with E-state index in [2.05, 4.69) is 20.1 Å². The Kier molecular flexibility index (Phi) is 8.06. The Hall–Kier alpha value is -2.02. The molecule has 188 valence electrons. The van der Waals surface area contributed by atoms with Gasteiger partial charge in [0.05, 0.1) is 27.1 Å². The third kappa shape index (κ3) is 5.96. The SMILES string of the molecule is CCn1nc(C(=O)NCC2(O)CCC(S(C)(=O)=O)CC2)c(Cl)c1-c1cnc(Cl)cc1OC(F)F. The van der Waals surface area contributed by atoms with E-state index in [1.165, 1.54) is 17.1 Å². The van der Waals surface area contributed by atoms with E-state index in [4.69, 9.17) is 23.2 Å². The lowest BCUT2D eigenvalue weighted by atomic mass is 9.84. The molecule has 0 aliphatic heterocycles. The van der Waals surface area contributed by atoms with Crippen molar-refractivity contribution in [3.05, 3.63) is 28.1 Å². The summed E-state index contributed by atoms with van der Waals surface area (Å²) in [5.74, 6) is -0.967. The molecule has 1 fully saturated rings. The summed E-state index contributed by atoms with van der Waals surface area (Å²) >= 11 is 12.2. The molecule has 0 unspecified atom stereocenters. The Morgan fingerprint density at radius 3 is 2.59 bits per heavy atom. The normalized spacial score (nSPS) is 21.0. The molecule has 34 heavy (non-hydrogen) atoms. The van der Waals surface area contributed by atoms with E-state index < -0.39 is 33.2 Å². The van der Waals surface area contributed by atoms with Crippen LogP contribution in [0.2, 0.25) is 10.2 Å². The average molecular weight is 541 g/mol. The number of sulfone groups is 1. The van der Waals surface area contributed by atoms with E-state index in [0.717, 1.165) is 6.07 Å². The number of halogens is 4. The fourth-order valence-electron chi connectivity index (χ4n) is 3.92. The Balaban J connectivity index is 1.82. The molecular weight excluding hydrogens is 517 g/mol. The molecule has 3 rings (SSSR count). The lowest BCUT2D eigenvalue weighted by Crippen LogP contribution is -2.47. The second-order valence-electron chi connectivity index (χ2n) is 8.14. The van der Waals surface area contributed by atoms with Gasteiger partial charge in [-0.3, -0.25) is 9.48 Å². The molecule has 2 heterocycles.